The molecule has 0 aliphatic carbocycles. The summed E-state index contributed by atoms with van der Waals surface area (Å²) < 4.78 is 35.7. The second kappa shape index (κ2) is 7.05. The van der Waals surface area contributed by atoms with E-state index in [9.17, 15) is 8.78 Å². The fourth-order valence-corrected chi connectivity index (χ4v) is 3.32. The van der Waals surface area contributed by atoms with Gasteiger partial charge in [0.05, 0.1) is 18.1 Å². The monoisotopic (exact) mass is 379 g/mol. The van der Waals surface area contributed by atoms with E-state index >= 15 is 0 Å². The first kappa shape index (κ1) is 18.1. The molecular formula is C22H19F2N3O. The number of rotatable bonds is 4. The lowest BCUT2D eigenvalue weighted by molar-refractivity contribution is 0.388. The predicted octanol–water partition coefficient (Wildman–Crippen LogP) is 5.00. The number of nitrogens with zero attached hydrogens (tertiary/aromatic N) is 2. The maximum atomic E-state index is 14.6. The molecule has 0 bridgehead atoms. The topological polar surface area (TPSA) is 53.1 Å². The SMILES string of the molecule is COc1c(F)cccc1-c1cc(-n2cnc3cc(C(C)N)ccc32)ccc1F. The third-order valence-electron chi connectivity index (χ3n) is 4.79. The number of imidazole rings is 1. The van der Waals surface area contributed by atoms with E-state index in [1.54, 1.807) is 24.5 Å². The fourth-order valence-electron chi connectivity index (χ4n) is 3.32. The van der Waals surface area contributed by atoms with E-state index in [0.29, 0.717) is 11.3 Å². The van der Waals surface area contributed by atoms with Gasteiger partial charge in [0.15, 0.2) is 11.6 Å². The van der Waals surface area contributed by atoms with Crippen molar-refractivity contribution in [3.05, 3.63) is 78.1 Å². The highest BCUT2D eigenvalue weighted by atomic mass is 19.1. The highest BCUT2D eigenvalue weighted by Gasteiger charge is 2.16. The van der Waals surface area contributed by atoms with Crippen LogP contribution in [0, 0.1) is 11.6 Å². The molecule has 2 N–H and O–H groups in total. The van der Waals surface area contributed by atoms with Crippen LogP contribution in [-0.2, 0) is 0 Å². The van der Waals surface area contributed by atoms with E-state index in [4.69, 9.17) is 10.5 Å². The van der Waals surface area contributed by atoms with Crippen molar-refractivity contribution in [1.29, 1.82) is 0 Å². The van der Waals surface area contributed by atoms with Gasteiger partial charge < -0.3 is 10.5 Å². The highest BCUT2D eigenvalue weighted by Crippen LogP contribution is 2.35. The Balaban J connectivity index is 1.87. The quantitative estimate of drug-likeness (QED) is 0.543. The molecule has 3 aromatic carbocycles. The van der Waals surface area contributed by atoms with Crippen LogP contribution in [0.5, 0.6) is 5.75 Å². The van der Waals surface area contributed by atoms with Gasteiger partial charge >= 0.3 is 0 Å². The zero-order valence-corrected chi connectivity index (χ0v) is 15.5. The lowest BCUT2D eigenvalue weighted by atomic mass is 10.0. The van der Waals surface area contributed by atoms with Crippen LogP contribution in [0.1, 0.15) is 18.5 Å². The summed E-state index contributed by atoms with van der Waals surface area (Å²) in [7, 11) is 1.36. The lowest BCUT2D eigenvalue weighted by Crippen LogP contribution is -2.04. The Morgan fingerprint density at radius 2 is 1.82 bits per heavy atom. The van der Waals surface area contributed by atoms with Gasteiger partial charge in [0.25, 0.3) is 0 Å². The molecule has 1 atom stereocenters. The van der Waals surface area contributed by atoms with Gasteiger partial charge in [-0.25, -0.2) is 13.8 Å². The number of hydrogen-bond donors (Lipinski definition) is 1. The highest BCUT2D eigenvalue weighted by molar-refractivity contribution is 5.79. The summed E-state index contributed by atoms with van der Waals surface area (Å²) in [6.45, 7) is 1.91. The van der Waals surface area contributed by atoms with E-state index in [1.807, 2.05) is 29.7 Å². The van der Waals surface area contributed by atoms with Gasteiger partial charge in [-0.3, -0.25) is 4.57 Å². The summed E-state index contributed by atoms with van der Waals surface area (Å²) in [5.74, 6) is -0.992. The summed E-state index contributed by atoms with van der Waals surface area (Å²) in [6, 6.07) is 14.9. The van der Waals surface area contributed by atoms with Gasteiger partial charge in [-0.1, -0.05) is 18.2 Å². The Bertz CT molecular complexity index is 1170. The number of para-hydroxylation sites is 1. The van der Waals surface area contributed by atoms with Crippen LogP contribution in [-0.4, -0.2) is 16.7 Å². The van der Waals surface area contributed by atoms with Crippen LogP contribution in [0.25, 0.3) is 27.8 Å². The molecule has 0 radical (unpaired) electrons. The molecule has 4 rings (SSSR count). The summed E-state index contributed by atoms with van der Waals surface area (Å²) in [5, 5.41) is 0. The molecule has 0 spiro atoms. The molecule has 1 unspecified atom stereocenters. The second-order valence-corrected chi connectivity index (χ2v) is 6.64. The van der Waals surface area contributed by atoms with E-state index in [2.05, 4.69) is 4.98 Å². The molecule has 0 aliphatic heterocycles. The molecule has 6 heteroatoms. The Morgan fingerprint density at radius 1 is 1.00 bits per heavy atom. The van der Waals surface area contributed by atoms with Crippen LogP contribution >= 0.6 is 0 Å². The summed E-state index contributed by atoms with van der Waals surface area (Å²) in [4.78, 5) is 4.44. The molecular weight excluding hydrogens is 360 g/mol. The van der Waals surface area contributed by atoms with Crippen molar-refractivity contribution in [3.63, 3.8) is 0 Å². The zero-order chi connectivity index (χ0) is 19.8. The fraction of sp³-hybridized carbons (Fsp3) is 0.136. The minimum absolute atomic E-state index is 0.00983. The standard InChI is InChI=1S/C22H19F2N3O/c1-13(25)14-6-9-21-20(10-14)26-12-27(21)15-7-8-18(23)17(11-15)16-4-3-5-19(24)22(16)28-2/h3-13H,25H2,1-2H3. The molecule has 0 fully saturated rings. The zero-order valence-electron chi connectivity index (χ0n) is 15.5. The summed E-state index contributed by atoms with van der Waals surface area (Å²) >= 11 is 0. The van der Waals surface area contributed by atoms with Crippen molar-refractivity contribution in [2.24, 2.45) is 5.73 Å². The van der Waals surface area contributed by atoms with Crippen molar-refractivity contribution in [1.82, 2.24) is 9.55 Å². The number of benzene rings is 3. The van der Waals surface area contributed by atoms with Crippen LogP contribution in [0.15, 0.2) is 60.9 Å². The van der Waals surface area contributed by atoms with Gasteiger partial charge in [-0.15, -0.1) is 0 Å². The average Bonchev–Trinajstić information content (AvgIpc) is 3.11. The van der Waals surface area contributed by atoms with E-state index in [0.717, 1.165) is 16.6 Å². The molecule has 0 saturated heterocycles. The molecule has 142 valence electrons. The number of aromatic nitrogens is 2. The van der Waals surface area contributed by atoms with Crippen LogP contribution in [0.3, 0.4) is 0 Å². The molecule has 0 amide bonds. The second-order valence-electron chi connectivity index (χ2n) is 6.64. The van der Waals surface area contributed by atoms with Crippen molar-refractivity contribution >= 4 is 11.0 Å². The molecule has 0 saturated carbocycles. The maximum absolute atomic E-state index is 14.6. The van der Waals surface area contributed by atoms with Gasteiger partial charge in [-0.2, -0.15) is 0 Å². The molecule has 28 heavy (non-hydrogen) atoms. The Hall–Kier alpha value is -3.25. The smallest absolute Gasteiger partial charge is 0.165 e. The molecule has 0 aliphatic rings. The molecule has 1 aromatic heterocycles. The number of nitrogens with two attached hydrogens (primary N) is 1. The first-order valence-electron chi connectivity index (χ1n) is 8.85. The largest absolute Gasteiger partial charge is 0.493 e. The minimum Gasteiger partial charge on any atom is -0.493 e. The third kappa shape index (κ3) is 3.01. The van der Waals surface area contributed by atoms with Crippen molar-refractivity contribution < 1.29 is 13.5 Å². The Kier molecular flexibility index (Phi) is 4.57. The minimum atomic E-state index is -0.540. The van der Waals surface area contributed by atoms with Gasteiger partial charge in [0.2, 0.25) is 0 Å². The molecule has 4 nitrogen and oxygen atoms in total. The Morgan fingerprint density at radius 3 is 2.57 bits per heavy atom. The van der Waals surface area contributed by atoms with E-state index in [-0.39, 0.29) is 17.4 Å². The third-order valence-corrected chi connectivity index (χ3v) is 4.79. The molecule has 4 aromatic rings. The molecule has 1 heterocycles. The first-order chi connectivity index (χ1) is 13.5. The number of methoxy groups -OCH3 is 1. The Labute approximate surface area is 161 Å². The summed E-state index contributed by atoms with van der Waals surface area (Å²) in [6.07, 6.45) is 1.68. The maximum Gasteiger partial charge on any atom is 0.165 e. The lowest BCUT2D eigenvalue weighted by Gasteiger charge is -2.13. The number of halogens is 2. The normalized spacial score (nSPS) is 12.3. The predicted molar refractivity (Wildman–Crippen MR) is 106 cm³/mol. The van der Waals surface area contributed by atoms with Gasteiger partial charge in [0.1, 0.15) is 12.1 Å². The van der Waals surface area contributed by atoms with Gasteiger partial charge in [-0.05, 0) is 48.9 Å². The number of fused-ring (bicyclic) bond motifs is 1. The van der Waals surface area contributed by atoms with Crippen molar-refractivity contribution in [3.8, 4) is 22.6 Å². The van der Waals surface area contributed by atoms with Crippen LogP contribution < -0.4 is 10.5 Å². The van der Waals surface area contributed by atoms with Crippen LogP contribution in [0.2, 0.25) is 0 Å². The van der Waals surface area contributed by atoms with Crippen molar-refractivity contribution in [2.75, 3.05) is 7.11 Å². The number of ether oxygens (including phenoxy) is 1. The number of hydrogen-bond acceptors (Lipinski definition) is 3. The van der Waals surface area contributed by atoms with Gasteiger partial charge in [0, 0.05) is 22.9 Å². The first-order valence-corrected chi connectivity index (χ1v) is 8.85. The van der Waals surface area contributed by atoms with E-state index in [1.165, 1.54) is 25.3 Å². The van der Waals surface area contributed by atoms with Crippen molar-refractivity contribution in [2.45, 2.75) is 13.0 Å². The van der Waals surface area contributed by atoms with E-state index < -0.39 is 11.6 Å². The summed E-state index contributed by atoms with van der Waals surface area (Å²) in [5.41, 5.74) is 9.91. The average molecular weight is 379 g/mol. The van der Waals surface area contributed by atoms with Crippen LogP contribution in [0.4, 0.5) is 8.78 Å².